The molecule has 1 saturated heterocycles. The first-order chi connectivity index (χ1) is 8.65. The molecule has 2 atom stereocenters. The van der Waals surface area contributed by atoms with Crippen LogP contribution >= 0.6 is 11.6 Å². The molecule has 1 aliphatic heterocycles. The summed E-state index contributed by atoms with van der Waals surface area (Å²) in [6, 6.07) is 8.07. The lowest BCUT2D eigenvalue weighted by molar-refractivity contribution is -0.155. The Labute approximate surface area is 113 Å². The highest BCUT2D eigenvalue weighted by Gasteiger charge is 2.36. The van der Waals surface area contributed by atoms with Crippen molar-refractivity contribution >= 4 is 11.6 Å². The van der Waals surface area contributed by atoms with Crippen molar-refractivity contribution in [3.63, 3.8) is 0 Å². The maximum Gasteiger partial charge on any atom is 0.166 e. The molecule has 0 saturated carbocycles. The topological polar surface area (TPSA) is 27.7 Å². The van der Waals surface area contributed by atoms with Gasteiger partial charge in [0.1, 0.15) is 5.75 Å². The number of methoxy groups -OCH3 is 1. The van der Waals surface area contributed by atoms with E-state index in [9.17, 15) is 0 Å². The van der Waals surface area contributed by atoms with Gasteiger partial charge in [-0.15, -0.1) is 11.6 Å². The SMILES string of the molecule is COc1ccc(CC[C@]2(C)OC[C@@H](CCl)O2)cc1. The van der Waals surface area contributed by atoms with Gasteiger partial charge in [-0.2, -0.15) is 0 Å². The monoisotopic (exact) mass is 270 g/mol. The molecule has 1 aromatic rings. The molecule has 0 aliphatic carbocycles. The van der Waals surface area contributed by atoms with Gasteiger partial charge < -0.3 is 14.2 Å². The Morgan fingerprint density at radius 2 is 2.11 bits per heavy atom. The second-order valence-corrected chi connectivity index (χ2v) is 5.00. The number of benzene rings is 1. The summed E-state index contributed by atoms with van der Waals surface area (Å²) >= 11 is 5.77. The van der Waals surface area contributed by atoms with E-state index in [1.54, 1.807) is 7.11 Å². The molecule has 3 nitrogen and oxygen atoms in total. The molecule has 0 N–H and O–H groups in total. The standard InChI is InChI=1S/C14H19ClO3/c1-14(17-10-13(9-15)18-14)8-7-11-3-5-12(16-2)6-4-11/h3-6,13H,7-10H2,1-2H3/t13-,14-/m1/s1. The van der Waals surface area contributed by atoms with Crippen LogP contribution in [0.15, 0.2) is 24.3 Å². The summed E-state index contributed by atoms with van der Waals surface area (Å²) < 4.78 is 16.6. The van der Waals surface area contributed by atoms with Crippen LogP contribution in [0.1, 0.15) is 18.9 Å². The summed E-state index contributed by atoms with van der Waals surface area (Å²) in [6.45, 7) is 2.56. The zero-order valence-corrected chi connectivity index (χ0v) is 11.6. The highest BCUT2D eigenvalue weighted by molar-refractivity contribution is 6.18. The van der Waals surface area contributed by atoms with Crippen molar-refractivity contribution in [2.45, 2.75) is 31.7 Å². The summed E-state index contributed by atoms with van der Waals surface area (Å²) in [5.74, 6) is 0.859. The Kier molecular flexibility index (Phi) is 4.49. The molecule has 0 amide bonds. The van der Waals surface area contributed by atoms with Gasteiger partial charge in [0.2, 0.25) is 0 Å². The maximum absolute atomic E-state index is 5.79. The molecular weight excluding hydrogens is 252 g/mol. The molecule has 0 radical (unpaired) electrons. The van der Waals surface area contributed by atoms with Crippen molar-refractivity contribution < 1.29 is 14.2 Å². The van der Waals surface area contributed by atoms with Crippen molar-refractivity contribution in [1.82, 2.24) is 0 Å². The van der Waals surface area contributed by atoms with Crippen LogP contribution in [0.2, 0.25) is 0 Å². The highest BCUT2D eigenvalue weighted by Crippen LogP contribution is 2.28. The molecule has 0 unspecified atom stereocenters. The second kappa shape index (κ2) is 5.91. The molecule has 0 spiro atoms. The minimum Gasteiger partial charge on any atom is -0.497 e. The average Bonchev–Trinajstić information content (AvgIpc) is 2.79. The van der Waals surface area contributed by atoms with Gasteiger partial charge in [-0.3, -0.25) is 0 Å². The third-order valence-electron chi connectivity index (χ3n) is 3.19. The minimum absolute atomic E-state index is 0.0209. The molecule has 1 aromatic carbocycles. The first kappa shape index (κ1) is 13.7. The van der Waals surface area contributed by atoms with E-state index in [4.69, 9.17) is 25.8 Å². The number of alkyl halides is 1. The summed E-state index contributed by atoms with van der Waals surface area (Å²) in [6.07, 6.45) is 1.76. The Bertz CT molecular complexity index is 379. The number of halogens is 1. The quantitative estimate of drug-likeness (QED) is 0.770. The molecule has 0 aromatic heterocycles. The van der Waals surface area contributed by atoms with Gasteiger partial charge in [-0.05, 0) is 31.0 Å². The summed E-state index contributed by atoms with van der Waals surface area (Å²) in [7, 11) is 1.67. The smallest absolute Gasteiger partial charge is 0.166 e. The molecular formula is C14H19ClO3. The van der Waals surface area contributed by atoms with Crippen LogP contribution in [0.5, 0.6) is 5.75 Å². The van der Waals surface area contributed by atoms with E-state index in [2.05, 4.69) is 12.1 Å². The van der Waals surface area contributed by atoms with Gasteiger partial charge in [-0.25, -0.2) is 0 Å². The third-order valence-corrected chi connectivity index (χ3v) is 3.53. The molecule has 100 valence electrons. The number of rotatable bonds is 5. The highest BCUT2D eigenvalue weighted by atomic mass is 35.5. The molecule has 18 heavy (non-hydrogen) atoms. The van der Waals surface area contributed by atoms with Gasteiger partial charge in [0.15, 0.2) is 5.79 Å². The van der Waals surface area contributed by atoms with Gasteiger partial charge >= 0.3 is 0 Å². The van der Waals surface area contributed by atoms with Crippen molar-refractivity contribution in [1.29, 1.82) is 0 Å². The van der Waals surface area contributed by atoms with Crippen LogP contribution in [0, 0.1) is 0 Å². The van der Waals surface area contributed by atoms with Crippen molar-refractivity contribution in [3.8, 4) is 5.75 Å². The lowest BCUT2D eigenvalue weighted by Crippen LogP contribution is -2.27. The molecule has 2 rings (SSSR count). The first-order valence-electron chi connectivity index (χ1n) is 6.16. The normalized spacial score (nSPS) is 27.4. The van der Waals surface area contributed by atoms with Crippen LogP contribution in [0.3, 0.4) is 0 Å². The van der Waals surface area contributed by atoms with Crippen LogP contribution in [-0.2, 0) is 15.9 Å². The molecule has 0 bridgehead atoms. The van der Waals surface area contributed by atoms with E-state index in [0.29, 0.717) is 12.5 Å². The van der Waals surface area contributed by atoms with E-state index in [-0.39, 0.29) is 6.10 Å². The average molecular weight is 271 g/mol. The van der Waals surface area contributed by atoms with E-state index in [1.807, 2.05) is 19.1 Å². The summed E-state index contributed by atoms with van der Waals surface area (Å²) in [5, 5.41) is 0. The largest absolute Gasteiger partial charge is 0.497 e. The maximum atomic E-state index is 5.79. The van der Waals surface area contributed by atoms with Gasteiger partial charge in [0.05, 0.1) is 25.7 Å². The lowest BCUT2D eigenvalue weighted by Gasteiger charge is -2.23. The third kappa shape index (κ3) is 3.37. The zero-order valence-electron chi connectivity index (χ0n) is 10.8. The van der Waals surface area contributed by atoms with Gasteiger partial charge in [-0.1, -0.05) is 12.1 Å². The fraction of sp³-hybridized carbons (Fsp3) is 0.571. The Hall–Kier alpha value is -0.770. The Morgan fingerprint density at radius 3 is 2.67 bits per heavy atom. The van der Waals surface area contributed by atoms with E-state index in [1.165, 1.54) is 5.56 Å². The lowest BCUT2D eigenvalue weighted by atomic mass is 10.1. The van der Waals surface area contributed by atoms with Crippen LogP contribution < -0.4 is 4.74 Å². The number of aryl methyl sites for hydroxylation is 1. The van der Waals surface area contributed by atoms with Crippen LogP contribution in [0.25, 0.3) is 0 Å². The molecule has 1 fully saturated rings. The number of hydrogen-bond acceptors (Lipinski definition) is 3. The Balaban J connectivity index is 1.87. The van der Waals surface area contributed by atoms with Crippen molar-refractivity contribution in [2.75, 3.05) is 19.6 Å². The predicted molar refractivity (Wildman–Crippen MR) is 71.3 cm³/mol. The summed E-state index contributed by atoms with van der Waals surface area (Å²) in [4.78, 5) is 0. The van der Waals surface area contributed by atoms with Crippen molar-refractivity contribution in [2.24, 2.45) is 0 Å². The number of hydrogen-bond donors (Lipinski definition) is 0. The number of ether oxygens (including phenoxy) is 3. The van der Waals surface area contributed by atoms with Crippen LogP contribution in [-0.4, -0.2) is 31.5 Å². The van der Waals surface area contributed by atoms with Gasteiger partial charge in [0, 0.05) is 6.42 Å². The second-order valence-electron chi connectivity index (χ2n) is 4.69. The predicted octanol–water partition coefficient (Wildman–Crippen LogP) is 3.00. The zero-order chi connectivity index (χ0) is 13.0. The van der Waals surface area contributed by atoms with Gasteiger partial charge in [0.25, 0.3) is 0 Å². The Morgan fingerprint density at radius 1 is 1.39 bits per heavy atom. The first-order valence-corrected chi connectivity index (χ1v) is 6.69. The fourth-order valence-corrected chi connectivity index (χ4v) is 2.21. The summed E-state index contributed by atoms with van der Waals surface area (Å²) in [5.41, 5.74) is 1.25. The molecule has 1 heterocycles. The van der Waals surface area contributed by atoms with E-state index >= 15 is 0 Å². The molecule has 1 aliphatic rings. The fourth-order valence-electron chi connectivity index (χ4n) is 2.06. The van der Waals surface area contributed by atoms with Crippen molar-refractivity contribution in [3.05, 3.63) is 29.8 Å². The van der Waals surface area contributed by atoms with E-state index in [0.717, 1.165) is 18.6 Å². The minimum atomic E-state index is -0.501. The molecule has 4 heteroatoms. The van der Waals surface area contributed by atoms with Crippen LogP contribution in [0.4, 0.5) is 0 Å². The van der Waals surface area contributed by atoms with E-state index < -0.39 is 5.79 Å².